The predicted molar refractivity (Wildman–Crippen MR) is 112 cm³/mol. The van der Waals surface area contributed by atoms with Crippen molar-refractivity contribution in [2.75, 3.05) is 0 Å². The van der Waals surface area contributed by atoms with Gasteiger partial charge in [0, 0.05) is 32.7 Å². The summed E-state index contributed by atoms with van der Waals surface area (Å²) in [6.45, 7) is 3.76. The smallest absolute Gasteiger partial charge is 0.380 e. The molecule has 0 fully saturated rings. The zero-order valence-corrected chi connectivity index (χ0v) is 18.2. The summed E-state index contributed by atoms with van der Waals surface area (Å²) >= 11 is 0.935. The number of aromatic nitrogens is 1. The van der Waals surface area contributed by atoms with Gasteiger partial charge in [0.2, 0.25) is 0 Å². The van der Waals surface area contributed by atoms with Gasteiger partial charge in [-0.05, 0) is 56.2 Å². The summed E-state index contributed by atoms with van der Waals surface area (Å²) in [6.07, 6.45) is 0.879. The summed E-state index contributed by atoms with van der Waals surface area (Å²) in [6, 6.07) is 5.26. The quantitative estimate of drug-likeness (QED) is 0.313. The SMILES string of the molecule is Cc1noc(C)c1C1=C(c2cc(-c3ccc(O)c(C=N)c3)sc2C)C(F)(F)C(F)(F)C1(F)F. The molecule has 2 heterocycles. The lowest BCUT2D eigenvalue weighted by Gasteiger charge is -2.25. The Labute approximate surface area is 187 Å². The first kappa shape index (κ1) is 23.1. The third-order valence-electron chi connectivity index (χ3n) is 5.60. The summed E-state index contributed by atoms with van der Waals surface area (Å²) in [5.74, 6) is -16.5. The molecule has 3 aromatic rings. The molecule has 0 bridgehead atoms. The number of nitrogens with one attached hydrogen (secondary N) is 1. The number of hydrogen-bond donors (Lipinski definition) is 2. The van der Waals surface area contributed by atoms with E-state index >= 15 is 8.78 Å². The van der Waals surface area contributed by atoms with Crippen LogP contribution in [0.3, 0.4) is 0 Å². The molecule has 4 nitrogen and oxygen atoms in total. The van der Waals surface area contributed by atoms with E-state index in [1.807, 2.05) is 0 Å². The number of phenolic OH excluding ortho intramolecular Hbond substituents is 1. The number of thiophene rings is 1. The van der Waals surface area contributed by atoms with Gasteiger partial charge in [0.15, 0.2) is 0 Å². The number of nitrogens with zero attached hydrogens (tertiary/aromatic N) is 1. The molecule has 1 aliphatic rings. The highest BCUT2D eigenvalue weighted by Crippen LogP contribution is 2.65. The van der Waals surface area contributed by atoms with Crippen molar-refractivity contribution in [2.45, 2.75) is 38.5 Å². The molecule has 2 N–H and O–H groups in total. The van der Waals surface area contributed by atoms with Crippen LogP contribution in [0.1, 0.15) is 33.0 Å². The number of aryl methyl sites for hydroxylation is 3. The van der Waals surface area contributed by atoms with Crippen LogP contribution >= 0.6 is 11.3 Å². The van der Waals surface area contributed by atoms with E-state index in [1.165, 1.54) is 39.0 Å². The van der Waals surface area contributed by atoms with Crippen molar-refractivity contribution < 1.29 is 36.0 Å². The van der Waals surface area contributed by atoms with Crippen molar-refractivity contribution in [3.05, 3.63) is 57.3 Å². The molecule has 0 saturated carbocycles. The first-order chi connectivity index (χ1) is 15.3. The fourth-order valence-electron chi connectivity index (χ4n) is 3.95. The maximum atomic E-state index is 15.0. The zero-order valence-electron chi connectivity index (χ0n) is 17.4. The lowest BCUT2D eigenvalue weighted by molar-refractivity contribution is -0.254. The fourth-order valence-corrected chi connectivity index (χ4v) is 4.97. The van der Waals surface area contributed by atoms with Gasteiger partial charge in [-0.2, -0.15) is 26.3 Å². The van der Waals surface area contributed by atoms with Crippen LogP contribution in [0.25, 0.3) is 21.6 Å². The van der Waals surface area contributed by atoms with Crippen LogP contribution in [0.15, 0.2) is 28.8 Å². The average Bonchev–Trinajstić information content (AvgIpc) is 3.30. The molecule has 0 spiro atoms. The van der Waals surface area contributed by atoms with E-state index in [0.29, 0.717) is 10.4 Å². The van der Waals surface area contributed by atoms with Gasteiger partial charge >= 0.3 is 17.8 Å². The summed E-state index contributed by atoms with van der Waals surface area (Å²) in [7, 11) is 0. The number of allylic oxidation sites excluding steroid dienone is 2. The van der Waals surface area contributed by atoms with Crippen LogP contribution < -0.4 is 0 Å². The third-order valence-corrected chi connectivity index (χ3v) is 6.70. The van der Waals surface area contributed by atoms with E-state index in [0.717, 1.165) is 23.6 Å². The Morgan fingerprint density at radius 2 is 1.64 bits per heavy atom. The molecule has 0 radical (unpaired) electrons. The Balaban J connectivity index is 2.03. The highest BCUT2D eigenvalue weighted by atomic mass is 32.1. The molecule has 1 aromatic carbocycles. The van der Waals surface area contributed by atoms with Crippen molar-refractivity contribution in [1.29, 1.82) is 5.41 Å². The first-order valence-corrected chi connectivity index (χ1v) is 10.3. The Morgan fingerprint density at radius 1 is 1.00 bits per heavy atom. The topological polar surface area (TPSA) is 70.1 Å². The number of benzene rings is 1. The minimum Gasteiger partial charge on any atom is -0.507 e. The van der Waals surface area contributed by atoms with Gasteiger partial charge in [0.25, 0.3) is 0 Å². The molecule has 0 atom stereocenters. The van der Waals surface area contributed by atoms with E-state index in [4.69, 9.17) is 9.93 Å². The Bertz CT molecular complexity index is 1300. The van der Waals surface area contributed by atoms with Crippen LogP contribution in [0.4, 0.5) is 26.3 Å². The van der Waals surface area contributed by atoms with Crippen molar-refractivity contribution in [2.24, 2.45) is 0 Å². The molecule has 4 rings (SSSR count). The minimum atomic E-state index is -5.68. The van der Waals surface area contributed by atoms with Crippen LogP contribution in [0.5, 0.6) is 5.75 Å². The molecule has 174 valence electrons. The number of hydrogen-bond acceptors (Lipinski definition) is 5. The summed E-state index contributed by atoms with van der Waals surface area (Å²) in [5, 5.41) is 20.6. The van der Waals surface area contributed by atoms with Crippen molar-refractivity contribution >= 4 is 28.7 Å². The van der Waals surface area contributed by atoms with E-state index in [1.54, 1.807) is 0 Å². The Hall–Kier alpha value is -3.08. The van der Waals surface area contributed by atoms with E-state index in [-0.39, 0.29) is 27.6 Å². The standard InChI is InChI=1S/C22H16F6N2O2S/c1-9-17(10(2)32-30-9)19-18(20(23,24)22(27,28)21(19,25)26)14-7-16(33-11(14)3)12-4-5-15(31)13(6-12)8-29/h4-8,29,31H,1-3H3. The van der Waals surface area contributed by atoms with Crippen molar-refractivity contribution in [3.63, 3.8) is 0 Å². The van der Waals surface area contributed by atoms with Gasteiger partial charge in [0.1, 0.15) is 11.5 Å². The van der Waals surface area contributed by atoms with Crippen LogP contribution in [-0.4, -0.2) is 34.2 Å². The second-order valence-electron chi connectivity index (χ2n) is 7.67. The molecule has 0 saturated heterocycles. The number of aromatic hydroxyl groups is 1. The average molecular weight is 486 g/mol. The molecule has 33 heavy (non-hydrogen) atoms. The molecule has 2 aromatic heterocycles. The lowest BCUT2D eigenvalue weighted by Crippen LogP contribution is -2.49. The van der Waals surface area contributed by atoms with E-state index < -0.39 is 40.0 Å². The molecule has 11 heteroatoms. The van der Waals surface area contributed by atoms with Crippen molar-refractivity contribution in [3.8, 4) is 16.2 Å². The summed E-state index contributed by atoms with van der Waals surface area (Å²) < 4.78 is 93.8. The monoisotopic (exact) mass is 486 g/mol. The summed E-state index contributed by atoms with van der Waals surface area (Å²) in [5.41, 5.74) is -3.68. The Morgan fingerprint density at radius 3 is 2.21 bits per heavy atom. The first-order valence-electron chi connectivity index (χ1n) is 9.52. The number of alkyl halides is 6. The number of halogens is 6. The number of rotatable bonds is 4. The van der Waals surface area contributed by atoms with Gasteiger partial charge in [-0.25, -0.2) is 0 Å². The third kappa shape index (κ3) is 3.05. The van der Waals surface area contributed by atoms with E-state index in [9.17, 15) is 22.7 Å². The molecule has 0 amide bonds. The lowest BCUT2D eigenvalue weighted by atomic mass is 9.93. The van der Waals surface area contributed by atoms with Gasteiger partial charge in [0.05, 0.1) is 11.3 Å². The van der Waals surface area contributed by atoms with Gasteiger partial charge in [-0.3, -0.25) is 0 Å². The highest BCUT2D eigenvalue weighted by Gasteiger charge is 2.80. The summed E-state index contributed by atoms with van der Waals surface area (Å²) in [4.78, 5) is 0.424. The van der Waals surface area contributed by atoms with Crippen molar-refractivity contribution in [1.82, 2.24) is 5.16 Å². The molecule has 0 unspecified atom stereocenters. The normalized spacial score (nSPS) is 18.7. The molecule has 1 aliphatic carbocycles. The van der Waals surface area contributed by atoms with Crippen LogP contribution in [-0.2, 0) is 0 Å². The van der Waals surface area contributed by atoms with Crippen LogP contribution in [0.2, 0.25) is 0 Å². The predicted octanol–water partition coefficient (Wildman–Crippen LogP) is 6.86. The number of phenols is 1. The van der Waals surface area contributed by atoms with Gasteiger partial charge < -0.3 is 15.0 Å². The van der Waals surface area contributed by atoms with E-state index in [2.05, 4.69) is 5.16 Å². The molecule has 0 aliphatic heterocycles. The highest BCUT2D eigenvalue weighted by molar-refractivity contribution is 7.15. The second kappa shape index (κ2) is 7.21. The maximum Gasteiger partial charge on any atom is 0.380 e. The second-order valence-corrected chi connectivity index (χ2v) is 8.93. The Kier molecular flexibility index (Phi) is 5.04. The largest absolute Gasteiger partial charge is 0.507 e. The zero-order chi connectivity index (χ0) is 24.5. The fraction of sp³-hybridized carbons (Fsp3) is 0.273. The minimum absolute atomic E-state index is 0.113. The van der Waals surface area contributed by atoms with Gasteiger partial charge in [-0.15, -0.1) is 11.3 Å². The molecular formula is C22H16F6N2O2S. The van der Waals surface area contributed by atoms with Crippen LogP contribution in [0, 0.1) is 26.2 Å². The van der Waals surface area contributed by atoms with Gasteiger partial charge in [-0.1, -0.05) is 5.16 Å². The maximum absolute atomic E-state index is 15.0. The molecular weight excluding hydrogens is 470 g/mol.